The molecule has 1 aromatic heterocycles. The number of rotatable bonds is 3. The third-order valence-corrected chi connectivity index (χ3v) is 4.47. The summed E-state index contributed by atoms with van der Waals surface area (Å²) in [6.07, 6.45) is 2.11. The lowest BCUT2D eigenvalue weighted by Gasteiger charge is -2.19. The zero-order chi connectivity index (χ0) is 14.2. The summed E-state index contributed by atoms with van der Waals surface area (Å²) in [6, 6.07) is 0. The SMILES string of the molecule is Cc1c(Br)c(C(=O)NCC2CCC(C)(C)O2)nn1C. The number of carbonyl (C=O) groups excluding carboxylic acids is 1. The van der Waals surface area contributed by atoms with Crippen LogP contribution in [0.1, 0.15) is 42.9 Å². The van der Waals surface area contributed by atoms with Gasteiger partial charge in [0.1, 0.15) is 0 Å². The second-order valence-electron chi connectivity index (χ2n) is 5.62. The van der Waals surface area contributed by atoms with Crippen molar-refractivity contribution in [3.63, 3.8) is 0 Å². The highest BCUT2D eigenvalue weighted by molar-refractivity contribution is 9.10. The van der Waals surface area contributed by atoms with Gasteiger partial charge in [0, 0.05) is 13.6 Å². The third kappa shape index (κ3) is 3.17. The molecular formula is C13H20BrN3O2. The molecule has 2 heterocycles. The molecule has 19 heavy (non-hydrogen) atoms. The second-order valence-corrected chi connectivity index (χ2v) is 6.41. The highest BCUT2D eigenvalue weighted by atomic mass is 79.9. The lowest BCUT2D eigenvalue weighted by atomic mass is 10.1. The molecule has 1 saturated heterocycles. The highest BCUT2D eigenvalue weighted by Crippen LogP contribution is 2.29. The van der Waals surface area contributed by atoms with Gasteiger partial charge < -0.3 is 10.1 Å². The average Bonchev–Trinajstić information content (AvgIpc) is 2.81. The molecule has 106 valence electrons. The quantitative estimate of drug-likeness (QED) is 0.924. The second kappa shape index (κ2) is 5.25. The van der Waals surface area contributed by atoms with Crippen LogP contribution in [0.5, 0.6) is 0 Å². The van der Waals surface area contributed by atoms with Gasteiger partial charge in [-0.25, -0.2) is 0 Å². The first kappa shape index (κ1) is 14.5. The molecule has 1 aliphatic rings. The summed E-state index contributed by atoms with van der Waals surface area (Å²) < 4.78 is 8.28. The molecule has 1 amide bonds. The number of nitrogens with zero attached hydrogens (tertiary/aromatic N) is 2. The molecule has 1 aliphatic heterocycles. The maximum Gasteiger partial charge on any atom is 0.273 e. The first-order chi connectivity index (χ1) is 8.80. The molecule has 1 N–H and O–H groups in total. The standard InChI is InChI=1S/C13H20BrN3O2/c1-8-10(14)11(16-17(8)4)12(18)15-7-9-5-6-13(2,3)19-9/h9H,5-7H2,1-4H3,(H,15,18). The van der Waals surface area contributed by atoms with E-state index >= 15 is 0 Å². The van der Waals surface area contributed by atoms with Crippen LogP contribution in [0.4, 0.5) is 0 Å². The zero-order valence-corrected chi connectivity index (χ0v) is 13.4. The lowest BCUT2D eigenvalue weighted by Crippen LogP contribution is -2.33. The number of carbonyl (C=O) groups is 1. The minimum atomic E-state index is -0.163. The molecule has 0 radical (unpaired) electrons. The molecule has 5 nitrogen and oxygen atoms in total. The van der Waals surface area contributed by atoms with Gasteiger partial charge in [-0.3, -0.25) is 9.48 Å². The molecule has 1 aromatic rings. The number of hydrogen-bond donors (Lipinski definition) is 1. The Labute approximate surface area is 121 Å². The summed E-state index contributed by atoms with van der Waals surface area (Å²) in [6.45, 7) is 6.60. The Balaban J connectivity index is 1.93. The van der Waals surface area contributed by atoms with Gasteiger partial charge in [-0.2, -0.15) is 5.10 Å². The largest absolute Gasteiger partial charge is 0.371 e. The van der Waals surface area contributed by atoms with E-state index < -0.39 is 0 Å². The minimum Gasteiger partial charge on any atom is -0.371 e. The van der Waals surface area contributed by atoms with Crippen molar-refractivity contribution in [2.45, 2.75) is 45.3 Å². The Hall–Kier alpha value is -0.880. The number of amides is 1. The van der Waals surface area contributed by atoms with Crippen LogP contribution in [0, 0.1) is 6.92 Å². The number of aromatic nitrogens is 2. The van der Waals surface area contributed by atoms with E-state index in [1.54, 1.807) is 4.68 Å². The number of aryl methyl sites for hydroxylation is 1. The van der Waals surface area contributed by atoms with Gasteiger partial charge in [-0.1, -0.05) is 0 Å². The Morgan fingerprint density at radius 1 is 1.63 bits per heavy atom. The van der Waals surface area contributed by atoms with Crippen LogP contribution in [-0.2, 0) is 11.8 Å². The first-order valence-corrected chi connectivity index (χ1v) is 7.24. The summed E-state index contributed by atoms with van der Waals surface area (Å²) in [5.41, 5.74) is 1.29. The maximum atomic E-state index is 12.1. The smallest absolute Gasteiger partial charge is 0.273 e. The molecular weight excluding hydrogens is 310 g/mol. The fourth-order valence-electron chi connectivity index (χ4n) is 2.24. The molecule has 1 unspecified atom stereocenters. The molecule has 1 fully saturated rings. The van der Waals surface area contributed by atoms with E-state index in [0.29, 0.717) is 12.2 Å². The fraction of sp³-hybridized carbons (Fsp3) is 0.692. The zero-order valence-electron chi connectivity index (χ0n) is 11.8. The van der Waals surface area contributed by atoms with Crippen LogP contribution in [-0.4, -0.2) is 33.9 Å². The van der Waals surface area contributed by atoms with Crippen molar-refractivity contribution < 1.29 is 9.53 Å². The van der Waals surface area contributed by atoms with Crippen molar-refractivity contribution in [2.75, 3.05) is 6.54 Å². The molecule has 0 aromatic carbocycles. The van der Waals surface area contributed by atoms with E-state index in [-0.39, 0.29) is 17.6 Å². The van der Waals surface area contributed by atoms with Crippen LogP contribution < -0.4 is 5.32 Å². The molecule has 0 saturated carbocycles. The number of ether oxygens (including phenoxy) is 1. The Bertz CT molecular complexity index is 496. The van der Waals surface area contributed by atoms with Gasteiger partial charge in [0.25, 0.3) is 5.91 Å². The van der Waals surface area contributed by atoms with Crippen molar-refractivity contribution >= 4 is 21.8 Å². The third-order valence-electron chi connectivity index (χ3n) is 3.52. The summed E-state index contributed by atoms with van der Waals surface area (Å²) in [5.74, 6) is -0.163. The predicted octanol–water partition coefficient (Wildman–Crippen LogP) is 2.18. The van der Waals surface area contributed by atoms with Crippen LogP contribution >= 0.6 is 15.9 Å². The van der Waals surface area contributed by atoms with E-state index in [1.165, 1.54) is 0 Å². The molecule has 2 rings (SSSR count). The van der Waals surface area contributed by atoms with E-state index in [4.69, 9.17) is 4.74 Å². The fourth-order valence-corrected chi connectivity index (χ4v) is 2.75. The number of nitrogens with one attached hydrogen (secondary N) is 1. The topological polar surface area (TPSA) is 56.1 Å². The number of hydrogen-bond acceptors (Lipinski definition) is 3. The minimum absolute atomic E-state index is 0.0719. The van der Waals surface area contributed by atoms with E-state index in [2.05, 4.69) is 40.2 Å². The number of halogens is 1. The van der Waals surface area contributed by atoms with Gasteiger partial charge in [0.2, 0.25) is 0 Å². The Morgan fingerprint density at radius 2 is 2.32 bits per heavy atom. The monoisotopic (exact) mass is 329 g/mol. The molecule has 0 bridgehead atoms. The average molecular weight is 330 g/mol. The van der Waals surface area contributed by atoms with Crippen LogP contribution in [0.2, 0.25) is 0 Å². The van der Waals surface area contributed by atoms with Crippen molar-refractivity contribution in [3.05, 3.63) is 15.9 Å². The van der Waals surface area contributed by atoms with Gasteiger partial charge >= 0.3 is 0 Å². The summed E-state index contributed by atoms with van der Waals surface area (Å²) >= 11 is 3.40. The molecule has 0 spiro atoms. The van der Waals surface area contributed by atoms with E-state index in [9.17, 15) is 4.79 Å². The van der Waals surface area contributed by atoms with Crippen molar-refractivity contribution in [1.82, 2.24) is 15.1 Å². The Morgan fingerprint density at radius 3 is 2.79 bits per heavy atom. The highest BCUT2D eigenvalue weighted by Gasteiger charge is 2.32. The van der Waals surface area contributed by atoms with E-state index in [0.717, 1.165) is 23.0 Å². The molecule has 0 aliphatic carbocycles. The van der Waals surface area contributed by atoms with Gasteiger partial charge in [-0.15, -0.1) is 0 Å². The van der Waals surface area contributed by atoms with Gasteiger partial charge in [0.05, 0.1) is 21.9 Å². The van der Waals surface area contributed by atoms with Crippen LogP contribution in [0.3, 0.4) is 0 Å². The molecule has 1 atom stereocenters. The molecule has 6 heteroatoms. The van der Waals surface area contributed by atoms with Crippen LogP contribution in [0.15, 0.2) is 4.47 Å². The Kier molecular flexibility index (Phi) is 4.01. The summed E-state index contributed by atoms with van der Waals surface area (Å²) in [7, 11) is 1.82. The van der Waals surface area contributed by atoms with E-state index in [1.807, 2.05) is 14.0 Å². The van der Waals surface area contributed by atoms with Crippen molar-refractivity contribution in [1.29, 1.82) is 0 Å². The van der Waals surface area contributed by atoms with Crippen LogP contribution in [0.25, 0.3) is 0 Å². The summed E-state index contributed by atoms with van der Waals surface area (Å²) in [4.78, 5) is 12.1. The normalized spacial score (nSPS) is 21.6. The van der Waals surface area contributed by atoms with Gasteiger partial charge in [-0.05, 0) is 49.5 Å². The maximum absolute atomic E-state index is 12.1. The first-order valence-electron chi connectivity index (χ1n) is 6.45. The van der Waals surface area contributed by atoms with Gasteiger partial charge in [0.15, 0.2) is 5.69 Å². The lowest BCUT2D eigenvalue weighted by molar-refractivity contribution is -0.0138. The summed E-state index contributed by atoms with van der Waals surface area (Å²) in [5, 5.41) is 7.09. The van der Waals surface area contributed by atoms with Crippen molar-refractivity contribution in [2.24, 2.45) is 7.05 Å². The van der Waals surface area contributed by atoms with Crippen molar-refractivity contribution in [3.8, 4) is 0 Å². The predicted molar refractivity (Wildman–Crippen MR) is 76.2 cm³/mol.